The molecule has 2 rings (SSSR count). The van der Waals surface area contributed by atoms with Crippen LogP contribution in [0.2, 0.25) is 0 Å². The lowest BCUT2D eigenvalue weighted by molar-refractivity contribution is 0.0690. The first-order chi connectivity index (χ1) is 8.16. The van der Waals surface area contributed by atoms with Crippen molar-refractivity contribution in [3.8, 4) is 0 Å². The number of aromatic carboxylic acids is 1. The molecule has 17 heavy (non-hydrogen) atoms. The van der Waals surface area contributed by atoms with Crippen LogP contribution in [0.15, 0.2) is 18.2 Å². The van der Waals surface area contributed by atoms with Crippen molar-refractivity contribution in [1.29, 1.82) is 0 Å². The van der Waals surface area contributed by atoms with Gasteiger partial charge in [0.2, 0.25) is 0 Å². The summed E-state index contributed by atoms with van der Waals surface area (Å²) in [6.45, 7) is 2.23. The van der Waals surface area contributed by atoms with Crippen LogP contribution in [-0.2, 0) is 0 Å². The van der Waals surface area contributed by atoms with Crippen LogP contribution in [0.5, 0.6) is 0 Å². The van der Waals surface area contributed by atoms with Crippen LogP contribution in [0.1, 0.15) is 43.1 Å². The fourth-order valence-electron chi connectivity index (χ4n) is 2.35. The SMILES string of the molecule is CC1CCCCC1Nc1cccc(C(=O)O)n1. The Morgan fingerprint density at radius 2 is 2.18 bits per heavy atom. The Hall–Kier alpha value is -1.58. The van der Waals surface area contributed by atoms with Crippen molar-refractivity contribution in [1.82, 2.24) is 4.98 Å². The number of carboxylic acid groups (broad SMARTS) is 1. The molecule has 1 aromatic rings. The number of anilines is 1. The summed E-state index contributed by atoms with van der Waals surface area (Å²) < 4.78 is 0. The van der Waals surface area contributed by atoms with Gasteiger partial charge in [0, 0.05) is 6.04 Å². The van der Waals surface area contributed by atoms with Crippen molar-refractivity contribution < 1.29 is 9.90 Å². The maximum Gasteiger partial charge on any atom is 0.354 e. The van der Waals surface area contributed by atoms with Crippen molar-refractivity contribution in [3.63, 3.8) is 0 Å². The second-order valence-corrected chi connectivity index (χ2v) is 4.73. The molecule has 4 nitrogen and oxygen atoms in total. The van der Waals surface area contributed by atoms with Gasteiger partial charge in [-0.3, -0.25) is 0 Å². The van der Waals surface area contributed by atoms with Crippen molar-refractivity contribution in [3.05, 3.63) is 23.9 Å². The Kier molecular flexibility index (Phi) is 3.61. The van der Waals surface area contributed by atoms with Gasteiger partial charge in [-0.25, -0.2) is 9.78 Å². The highest BCUT2D eigenvalue weighted by Gasteiger charge is 2.21. The van der Waals surface area contributed by atoms with Gasteiger partial charge >= 0.3 is 5.97 Å². The van der Waals surface area contributed by atoms with Crippen LogP contribution < -0.4 is 5.32 Å². The highest BCUT2D eigenvalue weighted by atomic mass is 16.4. The minimum absolute atomic E-state index is 0.0958. The van der Waals surface area contributed by atoms with E-state index in [4.69, 9.17) is 5.11 Å². The van der Waals surface area contributed by atoms with Crippen LogP contribution >= 0.6 is 0 Å². The van der Waals surface area contributed by atoms with E-state index in [1.54, 1.807) is 6.07 Å². The average Bonchev–Trinajstić information content (AvgIpc) is 2.32. The van der Waals surface area contributed by atoms with Crippen molar-refractivity contribution >= 4 is 11.8 Å². The molecule has 0 aromatic carbocycles. The second-order valence-electron chi connectivity index (χ2n) is 4.73. The Bertz CT molecular complexity index is 406. The Morgan fingerprint density at radius 1 is 1.41 bits per heavy atom. The summed E-state index contributed by atoms with van der Waals surface area (Å²) in [4.78, 5) is 14.9. The maximum absolute atomic E-state index is 10.8. The van der Waals surface area contributed by atoms with E-state index in [2.05, 4.69) is 17.2 Å². The summed E-state index contributed by atoms with van der Waals surface area (Å²) >= 11 is 0. The normalized spacial score (nSPS) is 24.3. The van der Waals surface area contributed by atoms with Gasteiger partial charge in [-0.2, -0.15) is 0 Å². The monoisotopic (exact) mass is 234 g/mol. The predicted octanol–water partition coefficient (Wildman–Crippen LogP) is 2.77. The lowest BCUT2D eigenvalue weighted by Gasteiger charge is -2.29. The fraction of sp³-hybridized carbons (Fsp3) is 0.538. The molecular formula is C13H18N2O2. The molecule has 2 unspecified atom stereocenters. The molecule has 1 aliphatic rings. The average molecular weight is 234 g/mol. The van der Waals surface area contributed by atoms with Crippen LogP contribution in [0.4, 0.5) is 5.82 Å². The number of aromatic nitrogens is 1. The van der Waals surface area contributed by atoms with Gasteiger partial charge in [0.05, 0.1) is 0 Å². The summed E-state index contributed by atoms with van der Waals surface area (Å²) in [5.74, 6) is 0.313. The van der Waals surface area contributed by atoms with Gasteiger partial charge in [0.25, 0.3) is 0 Å². The smallest absolute Gasteiger partial charge is 0.354 e. The Labute approximate surface area is 101 Å². The lowest BCUT2D eigenvalue weighted by Crippen LogP contribution is -2.30. The van der Waals surface area contributed by atoms with Gasteiger partial charge < -0.3 is 10.4 Å². The van der Waals surface area contributed by atoms with E-state index in [0.29, 0.717) is 17.8 Å². The van der Waals surface area contributed by atoms with Gasteiger partial charge in [-0.1, -0.05) is 25.8 Å². The van der Waals surface area contributed by atoms with Crippen molar-refractivity contribution in [2.75, 3.05) is 5.32 Å². The third-order valence-corrected chi connectivity index (χ3v) is 3.41. The number of nitrogens with zero attached hydrogens (tertiary/aromatic N) is 1. The molecule has 2 N–H and O–H groups in total. The van der Waals surface area contributed by atoms with Gasteiger partial charge in [-0.05, 0) is 30.9 Å². The van der Waals surface area contributed by atoms with E-state index in [0.717, 1.165) is 6.42 Å². The largest absolute Gasteiger partial charge is 0.477 e. The quantitative estimate of drug-likeness (QED) is 0.844. The van der Waals surface area contributed by atoms with E-state index in [1.807, 2.05) is 6.07 Å². The Balaban J connectivity index is 2.07. The Morgan fingerprint density at radius 3 is 2.88 bits per heavy atom. The summed E-state index contributed by atoms with van der Waals surface area (Å²) in [7, 11) is 0. The van der Waals surface area contributed by atoms with Crippen molar-refractivity contribution in [2.45, 2.75) is 38.6 Å². The molecule has 92 valence electrons. The summed E-state index contributed by atoms with van der Waals surface area (Å²) in [5, 5.41) is 12.2. The molecule has 1 aromatic heterocycles. The van der Waals surface area contributed by atoms with Crippen LogP contribution in [0, 0.1) is 5.92 Å². The van der Waals surface area contributed by atoms with Crippen LogP contribution in [-0.4, -0.2) is 22.1 Å². The van der Waals surface area contributed by atoms with E-state index < -0.39 is 5.97 Å². The number of nitrogens with one attached hydrogen (secondary N) is 1. The molecule has 1 heterocycles. The molecule has 0 aliphatic heterocycles. The number of pyridine rings is 1. The fourth-order valence-corrected chi connectivity index (χ4v) is 2.35. The predicted molar refractivity (Wildman–Crippen MR) is 66.2 cm³/mol. The molecule has 1 aliphatic carbocycles. The molecule has 1 fully saturated rings. The summed E-state index contributed by atoms with van der Waals surface area (Å²) in [6, 6.07) is 5.48. The van der Waals surface area contributed by atoms with E-state index >= 15 is 0 Å². The first-order valence-corrected chi connectivity index (χ1v) is 6.13. The molecule has 0 amide bonds. The first-order valence-electron chi connectivity index (χ1n) is 6.13. The number of carbonyl (C=O) groups is 1. The minimum Gasteiger partial charge on any atom is -0.477 e. The van der Waals surface area contributed by atoms with Crippen LogP contribution in [0.25, 0.3) is 0 Å². The van der Waals surface area contributed by atoms with Gasteiger partial charge in [0.15, 0.2) is 5.69 Å². The van der Waals surface area contributed by atoms with Crippen LogP contribution in [0.3, 0.4) is 0 Å². The number of hydrogen-bond acceptors (Lipinski definition) is 3. The first kappa shape index (κ1) is 11.9. The third kappa shape index (κ3) is 2.96. The molecule has 1 saturated carbocycles. The second kappa shape index (κ2) is 5.17. The molecule has 0 bridgehead atoms. The highest BCUT2D eigenvalue weighted by molar-refractivity contribution is 5.85. The summed E-state index contributed by atoms with van der Waals surface area (Å²) in [6.07, 6.45) is 4.90. The molecule has 2 atom stereocenters. The zero-order valence-electron chi connectivity index (χ0n) is 10.0. The summed E-state index contributed by atoms with van der Waals surface area (Å²) in [5.41, 5.74) is 0.0958. The van der Waals surface area contributed by atoms with Gasteiger partial charge in [0.1, 0.15) is 5.82 Å². The van der Waals surface area contributed by atoms with E-state index in [-0.39, 0.29) is 5.69 Å². The third-order valence-electron chi connectivity index (χ3n) is 3.41. The highest BCUT2D eigenvalue weighted by Crippen LogP contribution is 2.26. The lowest BCUT2D eigenvalue weighted by atomic mass is 9.86. The number of rotatable bonds is 3. The topological polar surface area (TPSA) is 62.2 Å². The zero-order chi connectivity index (χ0) is 12.3. The molecule has 4 heteroatoms. The number of hydrogen-bond donors (Lipinski definition) is 2. The number of carboxylic acids is 1. The molecular weight excluding hydrogens is 216 g/mol. The maximum atomic E-state index is 10.8. The minimum atomic E-state index is -0.981. The van der Waals surface area contributed by atoms with E-state index in [1.165, 1.54) is 25.3 Å². The van der Waals surface area contributed by atoms with Gasteiger partial charge in [-0.15, -0.1) is 0 Å². The van der Waals surface area contributed by atoms with Crippen molar-refractivity contribution in [2.24, 2.45) is 5.92 Å². The molecule has 0 saturated heterocycles. The zero-order valence-corrected chi connectivity index (χ0v) is 10.0. The molecule has 0 spiro atoms. The molecule has 0 radical (unpaired) electrons. The van der Waals surface area contributed by atoms with E-state index in [9.17, 15) is 4.79 Å². The standard InChI is InChI=1S/C13H18N2O2/c1-9-5-2-3-6-10(9)14-12-8-4-7-11(15-12)13(16)17/h4,7-10H,2-3,5-6H2,1H3,(H,14,15)(H,16,17).